The summed E-state index contributed by atoms with van der Waals surface area (Å²) in [4.78, 5) is 12.0. The van der Waals surface area contributed by atoms with Gasteiger partial charge in [-0.3, -0.25) is 4.79 Å². The number of hydrogen-bond donors (Lipinski definition) is 1. The van der Waals surface area contributed by atoms with Gasteiger partial charge in [0.2, 0.25) is 0 Å². The van der Waals surface area contributed by atoms with Gasteiger partial charge < -0.3 is 0 Å². The number of benzene rings is 2. The van der Waals surface area contributed by atoms with E-state index in [0.717, 1.165) is 21.3 Å². The smallest absolute Gasteiger partial charge is 0.267 e. The molecule has 0 radical (unpaired) electrons. The van der Waals surface area contributed by atoms with Gasteiger partial charge >= 0.3 is 0 Å². The van der Waals surface area contributed by atoms with Crippen molar-refractivity contribution in [2.24, 2.45) is 5.10 Å². The van der Waals surface area contributed by atoms with Crippen LogP contribution in [0, 0.1) is 13.8 Å². The molecule has 0 spiro atoms. The third-order valence-electron chi connectivity index (χ3n) is 3.18. The normalized spacial score (nSPS) is 11.3. The van der Waals surface area contributed by atoms with E-state index < -0.39 is 0 Å². The van der Waals surface area contributed by atoms with Crippen LogP contribution in [0.1, 0.15) is 34.0 Å². The van der Waals surface area contributed by atoms with Crippen molar-refractivity contribution in [3.8, 4) is 0 Å². The Hall–Kier alpha value is -1.94. The molecule has 21 heavy (non-hydrogen) atoms. The molecule has 0 saturated carbocycles. The number of amides is 1. The molecular formula is C17H17BrN2O. The zero-order valence-corrected chi connectivity index (χ0v) is 13.9. The predicted octanol–water partition coefficient (Wildman–Crippen LogP) is 4.22. The molecule has 108 valence electrons. The molecule has 1 N–H and O–H groups in total. The maximum atomic E-state index is 12.0. The first-order valence-electron chi connectivity index (χ1n) is 6.65. The molecule has 3 nitrogen and oxygen atoms in total. The van der Waals surface area contributed by atoms with Crippen molar-refractivity contribution in [2.45, 2.75) is 20.8 Å². The van der Waals surface area contributed by atoms with Crippen LogP contribution < -0.4 is 5.43 Å². The minimum Gasteiger partial charge on any atom is -0.267 e. The Morgan fingerprint density at radius 1 is 1.14 bits per heavy atom. The van der Waals surface area contributed by atoms with Gasteiger partial charge in [-0.25, -0.2) is 5.43 Å². The largest absolute Gasteiger partial charge is 0.271 e. The number of hydrazone groups is 1. The number of carbonyl (C=O) groups excluding carboxylic acids is 1. The summed E-state index contributed by atoms with van der Waals surface area (Å²) in [6, 6.07) is 13.4. The second-order valence-corrected chi connectivity index (χ2v) is 5.88. The van der Waals surface area contributed by atoms with Crippen LogP contribution >= 0.6 is 15.9 Å². The third-order valence-corrected chi connectivity index (χ3v) is 3.68. The first-order valence-corrected chi connectivity index (χ1v) is 7.44. The van der Waals surface area contributed by atoms with Crippen molar-refractivity contribution in [1.82, 2.24) is 5.43 Å². The summed E-state index contributed by atoms with van der Waals surface area (Å²) < 4.78 is 0.866. The Morgan fingerprint density at radius 3 is 2.57 bits per heavy atom. The molecule has 0 bridgehead atoms. The number of aryl methyl sites for hydroxylation is 2. The molecule has 2 aromatic carbocycles. The summed E-state index contributed by atoms with van der Waals surface area (Å²) in [7, 11) is 0. The van der Waals surface area contributed by atoms with E-state index in [1.165, 1.54) is 5.56 Å². The number of rotatable bonds is 3. The van der Waals surface area contributed by atoms with E-state index in [0.29, 0.717) is 5.56 Å². The summed E-state index contributed by atoms with van der Waals surface area (Å²) in [6.07, 6.45) is 0. The van der Waals surface area contributed by atoms with Crippen LogP contribution in [0.4, 0.5) is 0 Å². The van der Waals surface area contributed by atoms with Crippen LogP contribution in [0.2, 0.25) is 0 Å². The molecule has 0 aliphatic carbocycles. The predicted molar refractivity (Wildman–Crippen MR) is 89.7 cm³/mol. The summed E-state index contributed by atoms with van der Waals surface area (Å²) in [5.74, 6) is -0.222. The molecule has 0 heterocycles. The fourth-order valence-corrected chi connectivity index (χ4v) is 2.51. The summed E-state index contributed by atoms with van der Waals surface area (Å²) >= 11 is 3.35. The van der Waals surface area contributed by atoms with Crippen molar-refractivity contribution in [3.63, 3.8) is 0 Å². The maximum absolute atomic E-state index is 12.0. The first-order chi connectivity index (χ1) is 9.97. The second-order valence-electron chi connectivity index (χ2n) is 4.97. The summed E-state index contributed by atoms with van der Waals surface area (Å²) in [5, 5.41) is 4.19. The lowest BCUT2D eigenvalue weighted by atomic mass is 10.0. The van der Waals surface area contributed by atoms with E-state index in [9.17, 15) is 4.79 Å². The molecular weight excluding hydrogens is 328 g/mol. The Balaban J connectivity index is 2.15. The van der Waals surface area contributed by atoms with Crippen LogP contribution in [-0.4, -0.2) is 11.6 Å². The van der Waals surface area contributed by atoms with Crippen LogP contribution in [-0.2, 0) is 0 Å². The Labute approximate surface area is 133 Å². The van der Waals surface area contributed by atoms with Crippen molar-refractivity contribution in [3.05, 3.63) is 69.2 Å². The minimum atomic E-state index is -0.222. The fourth-order valence-electron chi connectivity index (χ4n) is 2.11. The Kier molecular flexibility index (Phi) is 4.91. The van der Waals surface area contributed by atoms with Gasteiger partial charge in [0.05, 0.1) is 5.71 Å². The monoisotopic (exact) mass is 344 g/mol. The van der Waals surface area contributed by atoms with E-state index >= 15 is 0 Å². The van der Waals surface area contributed by atoms with Crippen LogP contribution in [0.25, 0.3) is 0 Å². The van der Waals surface area contributed by atoms with Crippen LogP contribution in [0.5, 0.6) is 0 Å². The van der Waals surface area contributed by atoms with Crippen molar-refractivity contribution in [1.29, 1.82) is 0 Å². The fraction of sp³-hybridized carbons (Fsp3) is 0.176. The van der Waals surface area contributed by atoms with Gasteiger partial charge in [-0.2, -0.15) is 5.10 Å². The Bertz CT molecular complexity index is 708. The molecule has 0 atom stereocenters. The van der Waals surface area contributed by atoms with Gasteiger partial charge in [0.15, 0.2) is 0 Å². The average Bonchev–Trinajstić information content (AvgIpc) is 2.44. The molecule has 2 aromatic rings. The van der Waals surface area contributed by atoms with E-state index in [-0.39, 0.29) is 5.91 Å². The first kappa shape index (κ1) is 15.4. The lowest BCUT2D eigenvalue weighted by Gasteiger charge is -2.07. The SMILES string of the molecule is C/C(=N/NC(=O)c1cccc(Br)c1)c1ccc(C)cc1C. The lowest BCUT2D eigenvalue weighted by molar-refractivity contribution is 0.0955. The van der Waals surface area contributed by atoms with E-state index in [4.69, 9.17) is 0 Å². The second kappa shape index (κ2) is 6.68. The third kappa shape index (κ3) is 4.02. The minimum absolute atomic E-state index is 0.222. The number of hydrogen-bond acceptors (Lipinski definition) is 2. The number of carbonyl (C=O) groups is 1. The highest BCUT2D eigenvalue weighted by atomic mass is 79.9. The Morgan fingerprint density at radius 2 is 1.90 bits per heavy atom. The highest BCUT2D eigenvalue weighted by Crippen LogP contribution is 2.13. The highest BCUT2D eigenvalue weighted by Gasteiger charge is 2.06. The van der Waals surface area contributed by atoms with Gasteiger partial charge in [-0.1, -0.05) is 45.8 Å². The zero-order valence-electron chi connectivity index (χ0n) is 12.3. The molecule has 0 aromatic heterocycles. The summed E-state index contributed by atoms with van der Waals surface area (Å²) in [5.41, 5.74) is 7.35. The lowest BCUT2D eigenvalue weighted by Crippen LogP contribution is -2.19. The molecule has 0 saturated heterocycles. The van der Waals surface area contributed by atoms with E-state index in [1.807, 2.05) is 38.1 Å². The molecule has 1 amide bonds. The van der Waals surface area contributed by atoms with E-state index in [2.05, 4.69) is 39.4 Å². The van der Waals surface area contributed by atoms with Crippen molar-refractivity contribution < 1.29 is 4.79 Å². The number of nitrogens with zero attached hydrogens (tertiary/aromatic N) is 1. The highest BCUT2D eigenvalue weighted by molar-refractivity contribution is 9.10. The van der Waals surface area contributed by atoms with Gasteiger partial charge in [0, 0.05) is 15.6 Å². The van der Waals surface area contributed by atoms with Gasteiger partial charge in [-0.15, -0.1) is 0 Å². The van der Waals surface area contributed by atoms with Crippen LogP contribution in [0.15, 0.2) is 52.0 Å². The van der Waals surface area contributed by atoms with E-state index in [1.54, 1.807) is 12.1 Å². The molecule has 0 unspecified atom stereocenters. The van der Waals surface area contributed by atoms with Gasteiger partial charge in [0.25, 0.3) is 5.91 Å². The summed E-state index contributed by atoms with van der Waals surface area (Å²) in [6.45, 7) is 5.98. The molecule has 0 fully saturated rings. The van der Waals surface area contributed by atoms with Crippen molar-refractivity contribution in [2.75, 3.05) is 0 Å². The molecule has 4 heteroatoms. The maximum Gasteiger partial charge on any atom is 0.271 e. The molecule has 0 aliphatic heterocycles. The topological polar surface area (TPSA) is 41.5 Å². The van der Waals surface area contributed by atoms with Crippen molar-refractivity contribution >= 4 is 27.5 Å². The number of nitrogens with one attached hydrogen (secondary N) is 1. The quantitative estimate of drug-likeness (QED) is 0.657. The number of halogens is 1. The van der Waals surface area contributed by atoms with Gasteiger partial charge in [-0.05, 0) is 44.5 Å². The average molecular weight is 345 g/mol. The van der Waals surface area contributed by atoms with Gasteiger partial charge in [0.1, 0.15) is 0 Å². The standard InChI is InChI=1S/C17H17BrN2O/c1-11-7-8-16(12(2)9-11)13(3)19-20-17(21)14-5-4-6-15(18)10-14/h4-10H,1-3H3,(H,20,21)/b19-13-. The van der Waals surface area contributed by atoms with Crippen LogP contribution in [0.3, 0.4) is 0 Å². The molecule has 2 rings (SSSR count). The molecule has 0 aliphatic rings. The zero-order chi connectivity index (χ0) is 15.4.